The third-order valence-electron chi connectivity index (χ3n) is 5.74. The number of imidazole rings is 1. The van der Waals surface area contributed by atoms with Gasteiger partial charge in [0.2, 0.25) is 0 Å². The lowest BCUT2D eigenvalue weighted by Crippen LogP contribution is -2.41. The molecule has 146 valence electrons. The van der Waals surface area contributed by atoms with Gasteiger partial charge in [0, 0.05) is 26.3 Å². The molecule has 0 bridgehead atoms. The fourth-order valence-electron chi connectivity index (χ4n) is 4.00. The van der Waals surface area contributed by atoms with Crippen LogP contribution in [-0.4, -0.2) is 49.6 Å². The van der Waals surface area contributed by atoms with Crippen LogP contribution < -0.4 is 0 Å². The summed E-state index contributed by atoms with van der Waals surface area (Å²) < 4.78 is 1.84. The van der Waals surface area contributed by atoms with Crippen molar-refractivity contribution < 1.29 is 9.90 Å². The number of fused-ring (bicyclic) bond motifs is 1. The first kappa shape index (κ1) is 18.6. The summed E-state index contributed by atoms with van der Waals surface area (Å²) in [5.74, 6) is 0.251. The first-order valence-electron chi connectivity index (χ1n) is 9.90. The van der Waals surface area contributed by atoms with Crippen LogP contribution in [0.25, 0.3) is 11.2 Å². The number of rotatable bonds is 5. The van der Waals surface area contributed by atoms with E-state index in [-0.39, 0.29) is 17.9 Å². The number of amides is 1. The van der Waals surface area contributed by atoms with E-state index in [0.717, 1.165) is 36.8 Å². The molecule has 1 aliphatic heterocycles. The van der Waals surface area contributed by atoms with Crippen LogP contribution >= 0.6 is 0 Å². The molecule has 4 rings (SSSR count). The molecule has 0 radical (unpaired) electrons. The summed E-state index contributed by atoms with van der Waals surface area (Å²) in [4.78, 5) is 23.3. The highest BCUT2D eigenvalue weighted by Gasteiger charge is 2.28. The van der Waals surface area contributed by atoms with E-state index in [1.54, 1.807) is 12.5 Å². The number of aliphatic hydroxyl groups is 1. The number of aryl methyl sites for hydroxylation is 2. The summed E-state index contributed by atoms with van der Waals surface area (Å²) in [5.41, 5.74) is 3.34. The third kappa shape index (κ3) is 3.92. The van der Waals surface area contributed by atoms with E-state index in [2.05, 4.69) is 22.1 Å². The largest absolute Gasteiger partial charge is 0.393 e. The highest BCUT2D eigenvalue weighted by atomic mass is 16.3. The maximum Gasteiger partial charge on any atom is 0.255 e. The van der Waals surface area contributed by atoms with Crippen molar-refractivity contribution in [3.8, 4) is 0 Å². The second kappa shape index (κ2) is 8.10. The Bertz CT molecular complexity index is 946. The van der Waals surface area contributed by atoms with Crippen molar-refractivity contribution in [2.75, 3.05) is 13.1 Å². The lowest BCUT2D eigenvalue weighted by atomic mass is 9.88. The Kier molecular flexibility index (Phi) is 5.39. The number of aromatic nitrogens is 3. The van der Waals surface area contributed by atoms with Crippen molar-refractivity contribution in [3.05, 3.63) is 60.0 Å². The first-order valence-corrected chi connectivity index (χ1v) is 9.90. The van der Waals surface area contributed by atoms with Crippen LogP contribution in [0.5, 0.6) is 0 Å². The predicted molar refractivity (Wildman–Crippen MR) is 108 cm³/mol. The van der Waals surface area contributed by atoms with Crippen LogP contribution in [0, 0.1) is 5.92 Å². The van der Waals surface area contributed by atoms with Gasteiger partial charge in [-0.25, -0.2) is 9.97 Å². The number of carbonyl (C=O) groups is 1. The molecule has 6 heteroatoms. The Morgan fingerprint density at radius 1 is 1.21 bits per heavy atom. The molecule has 2 aromatic heterocycles. The minimum Gasteiger partial charge on any atom is -0.393 e. The van der Waals surface area contributed by atoms with Gasteiger partial charge in [0.05, 0.1) is 18.0 Å². The molecule has 0 saturated carbocycles. The monoisotopic (exact) mass is 378 g/mol. The van der Waals surface area contributed by atoms with Crippen molar-refractivity contribution in [1.82, 2.24) is 19.4 Å². The third-order valence-corrected chi connectivity index (χ3v) is 5.74. The van der Waals surface area contributed by atoms with Crippen LogP contribution in [-0.2, 0) is 13.5 Å². The van der Waals surface area contributed by atoms with Crippen molar-refractivity contribution in [2.45, 2.75) is 31.8 Å². The fraction of sp³-hybridized carbons (Fsp3) is 0.409. The van der Waals surface area contributed by atoms with Crippen LogP contribution in [0.4, 0.5) is 0 Å². The first-order chi connectivity index (χ1) is 13.6. The van der Waals surface area contributed by atoms with Crippen LogP contribution in [0.2, 0.25) is 0 Å². The molecule has 28 heavy (non-hydrogen) atoms. The van der Waals surface area contributed by atoms with Gasteiger partial charge in [-0.2, -0.15) is 0 Å². The number of piperidine rings is 1. The minimum atomic E-state index is -0.316. The zero-order valence-corrected chi connectivity index (χ0v) is 16.2. The van der Waals surface area contributed by atoms with E-state index >= 15 is 0 Å². The SMILES string of the molecule is Cn1cnc2cc(C(=O)N3CCC(C(O)CCc4ccccc4)CC3)cnc21. The summed E-state index contributed by atoms with van der Waals surface area (Å²) >= 11 is 0. The van der Waals surface area contributed by atoms with Gasteiger partial charge in [-0.3, -0.25) is 4.79 Å². The van der Waals surface area contributed by atoms with Crippen LogP contribution in [0.1, 0.15) is 35.2 Å². The molecule has 1 unspecified atom stereocenters. The summed E-state index contributed by atoms with van der Waals surface area (Å²) in [6.45, 7) is 1.35. The van der Waals surface area contributed by atoms with Gasteiger partial charge >= 0.3 is 0 Å². The zero-order chi connectivity index (χ0) is 19.5. The van der Waals surface area contributed by atoms with Crippen molar-refractivity contribution in [2.24, 2.45) is 13.0 Å². The minimum absolute atomic E-state index is 0.00252. The van der Waals surface area contributed by atoms with Crippen LogP contribution in [0.15, 0.2) is 48.9 Å². The molecule has 1 fully saturated rings. The lowest BCUT2D eigenvalue weighted by Gasteiger charge is -2.34. The van der Waals surface area contributed by atoms with E-state index in [1.807, 2.05) is 40.8 Å². The predicted octanol–water partition coefficient (Wildman–Crippen LogP) is 2.81. The lowest BCUT2D eigenvalue weighted by molar-refractivity contribution is 0.0436. The molecule has 3 heterocycles. The number of nitrogens with zero attached hydrogens (tertiary/aromatic N) is 4. The fourth-order valence-corrected chi connectivity index (χ4v) is 4.00. The Labute approximate surface area is 164 Å². The highest BCUT2D eigenvalue weighted by Crippen LogP contribution is 2.25. The van der Waals surface area contributed by atoms with Gasteiger partial charge in [0.1, 0.15) is 5.52 Å². The summed E-state index contributed by atoms with van der Waals surface area (Å²) in [5, 5.41) is 10.6. The number of hydrogen-bond acceptors (Lipinski definition) is 4. The Hall–Kier alpha value is -2.73. The average molecular weight is 378 g/mol. The maximum absolute atomic E-state index is 12.8. The number of hydrogen-bond donors (Lipinski definition) is 1. The van der Waals surface area contributed by atoms with Crippen molar-refractivity contribution in [3.63, 3.8) is 0 Å². The Morgan fingerprint density at radius 3 is 2.71 bits per heavy atom. The smallest absolute Gasteiger partial charge is 0.255 e. The van der Waals surface area contributed by atoms with Gasteiger partial charge in [0.25, 0.3) is 5.91 Å². The molecule has 1 N–H and O–H groups in total. The summed E-state index contributed by atoms with van der Waals surface area (Å²) in [6, 6.07) is 12.1. The van der Waals surface area contributed by atoms with Gasteiger partial charge < -0.3 is 14.6 Å². The highest BCUT2D eigenvalue weighted by molar-refractivity contribution is 5.96. The number of benzene rings is 1. The van der Waals surface area contributed by atoms with E-state index in [9.17, 15) is 9.90 Å². The van der Waals surface area contributed by atoms with Gasteiger partial charge in [-0.05, 0) is 43.2 Å². The van der Waals surface area contributed by atoms with E-state index in [0.29, 0.717) is 18.7 Å². The molecular weight excluding hydrogens is 352 g/mol. The summed E-state index contributed by atoms with van der Waals surface area (Å²) in [6.07, 6.45) is 6.34. The van der Waals surface area contributed by atoms with Crippen molar-refractivity contribution >= 4 is 17.1 Å². The second-order valence-electron chi connectivity index (χ2n) is 7.64. The molecular formula is C22H26N4O2. The number of likely N-dealkylation sites (tertiary alicyclic amines) is 1. The Morgan fingerprint density at radius 2 is 1.96 bits per heavy atom. The molecule has 1 atom stereocenters. The average Bonchev–Trinajstić information content (AvgIpc) is 3.12. The topological polar surface area (TPSA) is 71.2 Å². The molecule has 3 aromatic rings. The number of carbonyl (C=O) groups excluding carboxylic acids is 1. The Balaban J connectivity index is 1.32. The molecule has 1 amide bonds. The quantitative estimate of drug-likeness (QED) is 0.741. The van der Waals surface area contributed by atoms with Crippen LogP contribution in [0.3, 0.4) is 0 Å². The van der Waals surface area contributed by atoms with E-state index in [4.69, 9.17) is 0 Å². The molecule has 1 aliphatic rings. The molecule has 0 spiro atoms. The molecule has 1 saturated heterocycles. The van der Waals surface area contributed by atoms with Gasteiger partial charge in [-0.15, -0.1) is 0 Å². The number of aliphatic hydroxyl groups excluding tert-OH is 1. The van der Waals surface area contributed by atoms with Crippen molar-refractivity contribution in [1.29, 1.82) is 0 Å². The van der Waals surface area contributed by atoms with Gasteiger partial charge in [0.15, 0.2) is 5.65 Å². The maximum atomic E-state index is 12.8. The number of pyridine rings is 1. The zero-order valence-electron chi connectivity index (χ0n) is 16.2. The summed E-state index contributed by atoms with van der Waals surface area (Å²) in [7, 11) is 1.89. The molecule has 6 nitrogen and oxygen atoms in total. The van der Waals surface area contributed by atoms with Gasteiger partial charge in [-0.1, -0.05) is 30.3 Å². The standard InChI is InChI=1S/C22H26N4O2/c1-25-15-24-19-13-18(14-23-21(19)25)22(28)26-11-9-17(10-12-26)20(27)8-7-16-5-3-2-4-6-16/h2-6,13-15,17,20,27H,7-12H2,1H3. The normalized spacial score (nSPS) is 16.4. The molecule has 1 aromatic carbocycles. The molecule has 0 aliphatic carbocycles. The van der Waals surface area contributed by atoms with E-state index in [1.165, 1.54) is 5.56 Å². The second-order valence-corrected chi connectivity index (χ2v) is 7.64. The van der Waals surface area contributed by atoms with E-state index < -0.39 is 0 Å².